The van der Waals surface area contributed by atoms with Gasteiger partial charge in [-0.2, -0.15) is 0 Å². The predicted molar refractivity (Wildman–Crippen MR) is 54.7 cm³/mol. The Balaban J connectivity index is 3.97. The zero-order valence-corrected chi connectivity index (χ0v) is 9.46. The van der Waals surface area contributed by atoms with Crippen molar-refractivity contribution in [1.82, 2.24) is 0 Å². The highest BCUT2D eigenvalue weighted by Gasteiger charge is 2.28. The summed E-state index contributed by atoms with van der Waals surface area (Å²) in [5, 5.41) is 0. The van der Waals surface area contributed by atoms with Crippen molar-refractivity contribution in [2.45, 2.75) is 39.8 Å². The molecule has 3 heteroatoms. The lowest BCUT2D eigenvalue weighted by atomic mass is 9.85. The fraction of sp³-hybridized carbons (Fsp3) is 1.00. The molecule has 2 unspecified atom stereocenters. The number of rotatable bonds is 5. The van der Waals surface area contributed by atoms with E-state index in [2.05, 4.69) is 20.8 Å². The third-order valence-corrected chi connectivity index (χ3v) is 1.92. The lowest BCUT2D eigenvalue weighted by molar-refractivity contribution is -0.0473. The average molecular weight is 189 g/mol. The Hall–Kier alpha value is -0.120. The van der Waals surface area contributed by atoms with Crippen molar-refractivity contribution >= 4 is 0 Å². The molecule has 2 atom stereocenters. The van der Waals surface area contributed by atoms with E-state index < -0.39 is 0 Å². The molecule has 0 bridgehead atoms. The molecule has 0 aromatic carbocycles. The molecule has 0 aliphatic rings. The summed E-state index contributed by atoms with van der Waals surface area (Å²) in [7, 11) is 1.67. The molecule has 0 aromatic rings. The van der Waals surface area contributed by atoms with Gasteiger partial charge in [0.25, 0.3) is 0 Å². The van der Waals surface area contributed by atoms with Gasteiger partial charge in [-0.25, -0.2) is 0 Å². The fourth-order valence-corrected chi connectivity index (χ4v) is 1.45. The molecule has 0 spiro atoms. The number of hydrogen-bond acceptors (Lipinski definition) is 3. The molecule has 2 N–H and O–H groups in total. The van der Waals surface area contributed by atoms with Crippen LogP contribution in [0.2, 0.25) is 0 Å². The van der Waals surface area contributed by atoms with Gasteiger partial charge in [0, 0.05) is 13.2 Å². The van der Waals surface area contributed by atoms with Gasteiger partial charge in [0.2, 0.25) is 0 Å². The molecule has 0 saturated heterocycles. The molecule has 0 aliphatic heterocycles. The molecule has 0 rings (SSSR count). The monoisotopic (exact) mass is 189 g/mol. The van der Waals surface area contributed by atoms with E-state index in [9.17, 15) is 0 Å². The van der Waals surface area contributed by atoms with Gasteiger partial charge in [0.05, 0.1) is 19.3 Å². The van der Waals surface area contributed by atoms with Crippen LogP contribution in [0.4, 0.5) is 0 Å². The smallest absolute Gasteiger partial charge is 0.0772 e. The molecular weight excluding hydrogens is 166 g/mol. The molecular formula is C10H23NO2. The second-order valence-corrected chi connectivity index (χ2v) is 4.51. The Bertz CT molecular complexity index is 129. The van der Waals surface area contributed by atoms with Crippen LogP contribution < -0.4 is 5.73 Å². The minimum Gasteiger partial charge on any atom is -0.382 e. The summed E-state index contributed by atoms with van der Waals surface area (Å²) >= 11 is 0. The van der Waals surface area contributed by atoms with E-state index in [1.165, 1.54) is 0 Å². The van der Waals surface area contributed by atoms with Crippen molar-refractivity contribution in [3.05, 3.63) is 0 Å². The Kier molecular flexibility index (Phi) is 5.53. The van der Waals surface area contributed by atoms with Gasteiger partial charge in [-0.1, -0.05) is 20.8 Å². The van der Waals surface area contributed by atoms with E-state index in [4.69, 9.17) is 15.2 Å². The first-order valence-corrected chi connectivity index (χ1v) is 4.75. The molecule has 3 nitrogen and oxygen atoms in total. The SMILES string of the molecule is COCCOC(C(C)N)C(C)(C)C. The Morgan fingerprint density at radius 2 is 1.77 bits per heavy atom. The second kappa shape index (κ2) is 5.58. The third-order valence-electron chi connectivity index (χ3n) is 1.92. The molecule has 0 aliphatic carbocycles. The maximum Gasteiger partial charge on any atom is 0.0772 e. The standard InChI is InChI=1S/C10H23NO2/c1-8(11)9(10(2,3)4)13-7-6-12-5/h8-9H,6-7,11H2,1-5H3. The molecule has 0 amide bonds. The van der Waals surface area contributed by atoms with Crippen LogP contribution in [0.1, 0.15) is 27.7 Å². The van der Waals surface area contributed by atoms with Crippen molar-refractivity contribution in [3.8, 4) is 0 Å². The Morgan fingerprint density at radius 3 is 2.08 bits per heavy atom. The summed E-state index contributed by atoms with van der Waals surface area (Å²) in [6.45, 7) is 9.61. The largest absolute Gasteiger partial charge is 0.382 e. The van der Waals surface area contributed by atoms with Gasteiger partial charge in [0.15, 0.2) is 0 Å². The van der Waals surface area contributed by atoms with Gasteiger partial charge >= 0.3 is 0 Å². The highest BCUT2D eigenvalue weighted by molar-refractivity contribution is 4.81. The summed E-state index contributed by atoms with van der Waals surface area (Å²) in [6.07, 6.45) is 0.0858. The number of ether oxygens (including phenoxy) is 2. The van der Waals surface area contributed by atoms with Crippen LogP contribution in [-0.2, 0) is 9.47 Å². The minimum absolute atomic E-state index is 0.0526. The maximum absolute atomic E-state index is 5.84. The molecule has 0 radical (unpaired) electrons. The normalized spacial score (nSPS) is 17.1. The molecule has 0 aromatic heterocycles. The minimum atomic E-state index is 0.0526. The van der Waals surface area contributed by atoms with Gasteiger partial charge < -0.3 is 15.2 Å². The van der Waals surface area contributed by atoms with Crippen LogP contribution in [0.15, 0.2) is 0 Å². The maximum atomic E-state index is 5.84. The molecule has 0 fully saturated rings. The van der Waals surface area contributed by atoms with Crippen molar-refractivity contribution < 1.29 is 9.47 Å². The van der Waals surface area contributed by atoms with Gasteiger partial charge in [-0.05, 0) is 12.3 Å². The van der Waals surface area contributed by atoms with Crippen molar-refractivity contribution in [3.63, 3.8) is 0 Å². The van der Waals surface area contributed by atoms with Crippen LogP contribution in [0, 0.1) is 5.41 Å². The lowest BCUT2D eigenvalue weighted by Gasteiger charge is -2.33. The highest BCUT2D eigenvalue weighted by Crippen LogP contribution is 2.23. The lowest BCUT2D eigenvalue weighted by Crippen LogP contribution is -2.43. The predicted octanol–water partition coefficient (Wildman–Crippen LogP) is 1.41. The third kappa shape index (κ3) is 5.24. The van der Waals surface area contributed by atoms with E-state index in [1.807, 2.05) is 6.92 Å². The highest BCUT2D eigenvalue weighted by atomic mass is 16.5. The fourth-order valence-electron chi connectivity index (χ4n) is 1.45. The summed E-state index contributed by atoms with van der Waals surface area (Å²) in [6, 6.07) is 0.0526. The molecule has 0 saturated carbocycles. The Labute approximate surface area is 81.6 Å². The van der Waals surface area contributed by atoms with Gasteiger partial charge in [0.1, 0.15) is 0 Å². The molecule has 80 valence electrons. The summed E-state index contributed by atoms with van der Waals surface area (Å²) in [5.41, 5.74) is 5.92. The van der Waals surface area contributed by atoms with E-state index in [1.54, 1.807) is 7.11 Å². The van der Waals surface area contributed by atoms with Crippen molar-refractivity contribution in [1.29, 1.82) is 0 Å². The number of hydrogen-bond donors (Lipinski definition) is 1. The van der Waals surface area contributed by atoms with Crippen LogP contribution in [0.25, 0.3) is 0 Å². The summed E-state index contributed by atoms with van der Waals surface area (Å²) < 4.78 is 10.6. The Morgan fingerprint density at radius 1 is 1.23 bits per heavy atom. The van der Waals surface area contributed by atoms with Crippen LogP contribution in [0.3, 0.4) is 0 Å². The zero-order valence-electron chi connectivity index (χ0n) is 9.46. The summed E-state index contributed by atoms with van der Waals surface area (Å²) in [4.78, 5) is 0. The average Bonchev–Trinajstić information content (AvgIpc) is 1.94. The number of methoxy groups -OCH3 is 1. The van der Waals surface area contributed by atoms with E-state index in [-0.39, 0.29) is 17.6 Å². The van der Waals surface area contributed by atoms with E-state index in [0.717, 1.165) is 0 Å². The molecule has 13 heavy (non-hydrogen) atoms. The zero-order chi connectivity index (χ0) is 10.5. The van der Waals surface area contributed by atoms with Crippen LogP contribution in [0.5, 0.6) is 0 Å². The van der Waals surface area contributed by atoms with Crippen LogP contribution >= 0.6 is 0 Å². The topological polar surface area (TPSA) is 44.5 Å². The molecule has 0 heterocycles. The first-order chi connectivity index (χ1) is 5.89. The van der Waals surface area contributed by atoms with Crippen molar-refractivity contribution in [2.75, 3.05) is 20.3 Å². The van der Waals surface area contributed by atoms with Gasteiger partial charge in [-0.3, -0.25) is 0 Å². The quantitative estimate of drug-likeness (QED) is 0.665. The van der Waals surface area contributed by atoms with Gasteiger partial charge in [-0.15, -0.1) is 0 Å². The first-order valence-electron chi connectivity index (χ1n) is 4.75. The first kappa shape index (κ1) is 12.9. The van der Waals surface area contributed by atoms with E-state index >= 15 is 0 Å². The van der Waals surface area contributed by atoms with Crippen LogP contribution in [-0.4, -0.2) is 32.5 Å². The second-order valence-electron chi connectivity index (χ2n) is 4.51. The summed E-state index contributed by atoms with van der Waals surface area (Å²) in [5.74, 6) is 0. The van der Waals surface area contributed by atoms with E-state index in [0.29, 0.717) is 13.2 Å². The van der Waals surface area contributed by atoms with Crippen molar-refractivity contribution in [2.24, 2.45) is 11.1 Å². The number of nitrogens with two attached hydrogens (primary N) is 1.